The van der Waals surface area contributed by atoms with Gasteiger partial charge < -0.3 is 20.1 Å². The molecule has 2 N–H and O–H groups in total. The molecule has 1 fully saturated rings. The number of anilines is 1. The maximum Gasteiger partial charge on any atom is 0.195 e. The van der Waals surface area contributed by atoms with Gasteiger partial charge in [-0.3, -0.25) is 4.99 Å². The number of ether oxygens (including phenoxy) is 2. The first-order valence-corrected chi connectivity index (χ1v) is 10.9. The van der Waals surface area contributed by atoms with Crippen molar-refractivity contribution in [1.82, 2.24) is 5.32 Å². The normalized spacial score (nSPS) is 15.5. The van der Waals surface area contributed by atoms with Gasteiger partial charge >= 0.3 is 0 Å². The Balaban J connectivity index is 0.00000364. The van der Waals surface area contributed by atoms with Crippen molar-refractivity contribution in [3.05, 3.63) is 18.2 Å². The van der Waals surface area contributed by atoms with E-state index in [9.17, 15) is 8.42 Å². The average molecular weight is 511 g/mol. The number of methoxy groups -OCH3 is 1. The maximum absolute atomic E-state index is 11.6. The summed E-state index contributed by atoms with van der Waals surface area (Å²) in [7, 11) is -1.40. The molecule has 1 aromatic rings. The Kier molecular flexibility index (Phi) is 9.13. The summed E-state index contributed by atoms with van der Waals surface area (Å²) in [6.45, 7) is 5.67. The van der Waals surface area contributed by atoms with Crippen molar-refractivity contribution in [3.63, 3.8) is 0 Å². The van der Waals surface area contributed by atoms with Crippen LogP contribution in [0.4, 0.5) is 5.69 Å². The largest absolute Gasteiger partial charge is 0.493 e. The Morgan fingerprint density at radius 2 is 1.96 bits per heavy atom. The minimum atomic E-state index is -3.00. The lowest BCUT2D eigenvalue weighted by Gasteiger charge is -2.16. The highest BCUT2D eigenvalue weighted by molar-refractivity contribution is 14.0. The first-order chi connectivity index (χ1) is 12.3. The van der Waals surface area contributed by atoms with Crippen LogP contribution in [0.5, 0.6) is 11.5 Å². The fourth-order valence-corrected chi connectivity index (χ4v) is 4.28. The van der Waals surface area contributed by atoms with E-state index in [2.05, 4.69) is 15.6 Å². The lowest BCUT2D eigenvalue weighted by molar-refractivity contribution is 0.311. The van der Waals surface area contributed by atoms with Gasteiger partial charge in [-0.2, -0.15) is 0 Å². The summed E-state index contributed by atoms with van der Waals surface area (Å²) < 4.78 is 34.1. The van der Waals surface area contributed by atoms with Gasteiger partial charge in [0.1, 0.15) is 9.84 Å². The van der Waals surface area contributed by atoms with Crippen LogP contribution in [0.3, 0.4) is 0 Å². The highest BCUT2D eigenvalue weighted by Crippen LogP contribution is 2.46. The number of rotatable bonds is 9. The number of hydrogen-bond donors (Lipinski definition) is 2. The van der Waals surface area contributed by atoms with Gasteiger partial charge in [0.05, 0.1) is 19.5 Å². The number of sulfone groups is 1. The average Bonchev–Trinajstić information content (AvgIpc) is 3.32. The highest BCUT2D eigenvalue weighted by atomic mass is 127. The van der Waals surface area contributed by atoms with E-state index in [4.69, 9.17) is 9.47 Å². The fraction of sp³-hybridized carbons (Fsp3) is 0.611. The number of benzene rings is 1. The fourth-order valence-electron chi connectivity index (χ4n) is 2.79. The number of halogens is 1. The molecular formula is C18H30IN3O4S. The molecule has 0 saturated heterocycles. The molecule has 27 heavy (non-hydrogen) atoms. The van der Waals surface area contributed by atoms with Crippen LogP contribution in [0, 0.1) is 5.41 Å². The van der Waals surface area contributed by atoms with Crippen molar-refractivity contribution >= 4 is 45.5 Å². The van der Waals surface area contributed by atoms with Gasteiger partial charge in [0.2, 0.25) is 0 Å². The van der Waals surface area contributed by atoms with Crippen molar-refractivity contribution in [1.29, 1.82) is 0 Å². The van der Waals surface area contributed by atoms with E-state index in [1.54, 1.807) is 7.11 Å². The molecule has 7 nitrogen and oxygen atoms in total. The lowest BCUT2D eigenvalue weighted by atomic mass is 10.1. The molecule has 0 amide bonds. The lowest BCUT2D eigenvalue weighted by Crippen LogP contribution is -2.32. The Morgan fingerprint density at radius 1 is 1.26 bits per heavy atom. The van der Waals surface area contributed by atoms with Crippen molar-refractivity contribution in [2.45, 2.75) is 26.7 Å². The highest BCUT2D eigenvalue weighted by Gasteiger charge is 2.45. The summed E-state index contributed by atoms with van der Waals surface area (Å²) in [5, 5.41) is 6.43. The molecule has 0 aromatic heterocycles. The Morgan fingerprint density at radius 3 is 2.48 bits per heavy atom. The van der Waals surface area contributed by atoms with Crippen LogP contribution < -0.4 is 20.1 Å². The summed E-state index contributed by atoms with van der Waals surface area (Å²) >= 11 is 0. The van der Waals surface area contributed by atoms with Crippen molar-refractivity contribution in [3.8, 4) is 11.5 Å². The summed E-state index contributed by atoms with van der Waals surface area (Å²) in [5.41, 5.74) is 0.616. The van der Waals surface area contributed by atoms with Crippen LogP contribution in [-0.4, -0.2) is 53.2 Å². The van der Waals surface area contributed by atoms with Crippen molar-refractivity contribution < 1.29 is 17.9 Å². The molecule has 0 aliphatic heterocycles. The van der Waals surface area contributed by atoms with Crippen molar-refractivity contribution in [2.24, 2.45) is 10.4 Å². The van der Waals surface area contributed by atoms with E-state index >= 15 is 0 Å². The molecule has 0 radical (unpaired) electrons. The Bertz CT molecular complexity index is 749. The van der Waals surface area contributed by atoms with Gasteiger partial charge in [-0.05, 0) is 38.8 Å². The molecule has 1 aliphatic rings. The predicted octanol–water partition coefficient (Wildman–Crippen LogP) is 2.91. The third-order valence-corrected chi connectivity index (χ3v) is 5.31. The summed E-state index contributed by atoms with van der Waals surface area (Å²) in [4.78, 5) is 4.60. The number of nitrogens with zero attached hydrogens (tertiary/aromatic N) is 1. The van der Waals surface area contributed by atoms with E-state index < -0.39 is 9.84 Å². The van der Waals surface area contributed by atoms with Crippen LogP contribution in [0.25, 0.3) is 0 Å². The van der Waals surface area contributed by atoms with Crippen LogP contribution in [-0.2, 0) is 9.84 Å². The monoisotopic (exact) mass is 511 g/mol. The van der Waals surface area contributed by atoms with Crippen LogP contribution in [0.1, 0.15) is 26.7 Å². The smallest absolute Gasteiger partial charge is 0.195 e. The van der Waals surface area contributed by atoms with E-state index in [1.165, 1.54) is 6.26 Å². The predicted molar refractivity (Wildman–Crippen MR) is 121 cm³/mol. The molecule has 154 valence electrons. The third-order valence-electron chi connectivity index (χ3n) is 4.17. The molecule has 2 rings (SSSR count). The molecule has 0 bridgehead atoms. The van der Waals surface area contributed by atoms with Gasteiger partial charge in [-0.1, -0.05) is 0 Å². The molecule has 0 atom stereocenters. The minimum absolute atomic E-state index is 0. The number of nitrogens with one attached hydrogen (secondary N) is 2. The first-order valence-electron chi connectivity index (χ1n) is 8.85. The second-order valence-electron chi connectivity index (χ2n) is 6.69. The van der Waals surface area contributed by atoms with Crippen LogP contribution >= 0.6 is 24.0 Å². The van der Waals surface area contributed by atoms with Gasteiger partial charge in [-0.15, -0.1) is 24.0 Å². The second-order valence-corrected chi connectivity index (χ2v) is 8.83. The first kappa shape index (κ1) is 23.8. The van der Waals surface area contributed by atoms with Crippen LogP contribution in [0.2, 0.25) is 0 Å². The summed E-state index contributed by atoms with van der Waals surface area (Å²) in [5.74, 6) is 2.15. The van der Waals surface area contributed by atoms with Gasteiger partial charge in [0, 0.05) is 36.5 Å². The SMILES string of the molecule is CCNC(=NCC1(CS(C)(=O)=O)CC1)Nc1ccc(OCC)c(OC)c1.I. The standard InChI is InChI=1S/C18H29N3O4S.HI/c1-5-19-17(20-12-18(9-10-18)13-26(4,22)23)21-14-7-8-15(25-6-2)16(11-14)24-3;/h7-8,11H,5-6,9-10,12-13H2,1-4H3,(H2,19,20,21);1H. The van der Waals surface area contributed by atoms with E-state index in [0.29, 0.717) is 37.2 Å². The maximum atomic E-state index is 11.6. The third kappa shape index (κ3) is 7.73. The molecule has 1 aromatic carbocycles. The molecule has 0 spiro atoms. The topological polar surface area (TPSA) is 89.0 Å². The Labute approximate surface area is 179 Å². The molecule has 1 aliphatic carbocycles. The molecule has 0 heterocycles. The molecule has 1 saturated carbocycles. The van der Waals surface area contributed by atoms with E-state index in [-0.39, 0.29) is 35.1 Å². The number of aliphatic imine (C=N–C) groups is 1. The summed E-state index contributed by atoms with van der Waals surface area (Å²) in [6.07, 6.45) is 3.09. The van der Waals surface area contributed by atoms with Gasteiger partial charge in [0.25, 0.3) is 0 Å². The van der Waals surface area contributed by atoms with Gasteiger partial charge in [-0.25, -0.2) is 8.42 Å². The second kappa shape index (κ2) is 10.4. The zero-order valence-corrected chi connectivity index (χ0v) is 19.5. The van der Waals surface area contributed by atoms with E-state index in [0.717, 1.165) is 18.5 Å². The zero-order valence-electron chi connectivity index (χ0n) is 16.4. The number of guanidine groups is 1. The zero-order chi connectivity index (χ0) is 19.2. The molecule has 0 unspecified atom stereocenters. The number of hydrogen-bond acceptors (Lipinski definition) is 5. The van der Waals surface area contributed by atoms with Crippen LogP contribution in [0.15, 0.2) is 23.2 Å². The molecule has 9 heteroatoms. The quantitative estimate of drug-likeness (QED) is 0.301. The van der Waals surface area contributed by atoms with E-state index in [1.807, 2.05) is 32.0 Å². The van der Waals surface area contributed by atoms with Gasteiger partial charge in [0.15, 0.2) is 17.5 Å². The molecular weight excluding hydrogens is 481 g/mol. The minimum Gasteiger partial charge on any atom is -0.493 e. The summed E-state index contributed by atoms with van der Waals surface area (Å²) in [6, 6.07) is 5.59. The van der Waals surface area contributed by atoms with Crippen molar-refractivity contribution in [2.75, 3.05) is 44.1 Å². The Hall–Kier alpha value is -1.23.